The van der Waals surface area contributed by atoms with E-state index in [1.54, 1.807) is 13.0 Å². The highest BCUT2D eigenvalue weighted by atomic mass is 16.5. The summed E-state index contributed by atoms with van der Waals surface area (Å²) < 4.78 is 4.75. The zero-order chi connectivity index (χ0) is 11.3. The van der Waals surface area contributed by atoms with Crippen LogP contribution in [0, 0.1) is 0 Å². The molecule has 1 heterocycles. The second-order valence-corrected chi connectivity index (χ2v) is 2.76. The molecule has 0 spiro atoms. The SMILES string of the molecule is CCOC(=O)c1cccc(C(=O)CN)n1. The average molecular weight is 208 g/mol. The monoisotopic (exact) mass is 208 g/mol. The van der Waals surface area contributed by atoms with Crippen LogP contribution in [0.15, 0.2) is 18.2 Å². The van der Waals surface area contributed by atoms with Gasteiger partial charge in [0.25, 0.3) is 0 Å². The number of rotatable bonds is 4. The molecule has 80 valence electrons. The van der Waals surface area contributed by atoms with E-state index in [0.717, 1.165) is 0 Å². The predicted octanol–water partition coefficient (Wildman–Crippen LogP) is 0.400. The lowest BCUT2D eigenvalue weighted by molar-refractivity contribution is 0.0519. The van der Waals surface area contributed by atoms with Crippen LogP contribution in [-0.4, -0.2) is 29.9 Å². The van der Waals surface area contributed by atoms with E-state index in [0.29, 0.717) is 0 Å². The molecule has 1 aromatic heterocycles. The normalized spacial score (nSPS) is 9.73. The molecular weight excluding hydrogens is 196 g/mol. The molecule has 1 rings (SSSR count). The number of aromatic nitrogens is 1. The van der Waals surface area contributed by atoms with Crippen LogP contribution < -0.4 is 5.73 Å². The van der Waals surface area contributed by atoms with Gasteiger partial charge >= 0.3 is 5.97 Å². The van der Waals surface area contributed by atoms with E-state index in [1.165, 1.54) is 12.1 Å². The van der Waals surface area contributed by atoms with Crippen LogP contribution in [0.3, 0.4) is 0 Å². The van der Waals surface area contributed by atoms with E-state index in [-0.39, 0.29) is 30.3 Å². The topological polar surface area (TPSA) is 82.3 Å². The van der Waals surface area contributed by atoms with E-state index < -0.39 is 5.97 Å². The Labute approximate surface area is 87.3 Å². The highest BCUT2D eigenvalue weighted by Gasteiger charge is 2.11. The summed E-state index contributed by atoms with van der Waals surface area (Å²) >= 11 is 0. The Morgan fingerprint density at radius 3 is 2.67 bits per heavy atom. The van der Waals surface area contributed by atoms with Crippen molar-refractivity contribution >= 4 is 11.8 Å². The van der Waals surface area contributed by atoms with Crippen LogP contribution in [0.4, 0.5) is 0 Å². The molecule has 0 aliphatic heterocycles. The molecule has 15 heavy (non-hydrogen) atoms. The first kappa shape index (κ1) is 11.3. The molecule has 5 nitrogen and oxygen atoms in total. The number of nitrogens with zero attached hydrogens (tertiary/aromatic N) is 1. The van der Waals surface area contributed by atoms with Crippen molar-refractivity contribution in [3.8, 4) is 0 Å². The van der Waals surface area contributed by atoms with E-state index >= 15 is 0 Å². The number of pyridine rings is 1. The molecule has 0 fully saturated rings. The maximum atomic E-state index is 11.3. The standard InChI is InChI=1S/C10H12N2O3/c1-2-15-10(14)8-5-3-4-7(12-8)9(13)6-11/h3-5H,2,6,11H2,1H3. The number of ketones is 1. The lowest BCUT2D eigenvalue weighted by Gasteiger charge is -2.02. The van der Waals surface area contributed by atoms with Gasteiger partial charge in [-0.3, -0.25) is 4.79 Å². The second-order valence-electron chi connectivity index (χ2n) is 2.76. The molecular formula is C10H12N2O3. The first-order valence-electron chi connectivity index (χ1n) is 4.56. The molecule has 0 bridgehead atoms. The second kappa shape index (κ2) is 5.21. The number of carbonyl (C=O) groups is 2. The number of esters is 1. The van der Waals surface area contributed by atoms with Crippen LogP contribution in [0.5, 0.6) is 0 Å². The minimum atomic E-state index is -0.538. The molecule has 0 saturated heterocycles. The lowest BCUT2D eigenvalue weighted by Crippen LogP contribution is -2.17. The van der Waals surface area contributed by atoms with Crippen LogP contribution >= 0.6 is 0 Å². The van der Waals surface area contributed by atoms with Crippen molar-refractivity contribution in [2.45, 2.75) is 6.92 Å². The van der Waals surface area contributed by atoms with Gasteiger partial charge in [-0.2, -0.15) is 0 Å². The highest BCUT2D eigenvalue weighted by molar-refractivity contribution is 5.97. The Balaban J connectivity index is 2.92. The third-order valence-corrected chi connectivity index (χ3v) is 1.70. The van der Waals surface area contributed by atoms with Gasteiger partial charge in [-0.1, -0.05) is 6.07 Å². The van der Waals surface area contributed by atoms with E-state index in [9.17, 15) is 9.59 Å². The van der Waals surface area contributed by atoms with Crippen LogP contribution in [0.2, 0.25) is 0 Å². The van der Waals surface area contributed by atoms with Crippen molar-refractivity contribution in [1.82, 2.24) is 4.98 Å². The maximum absolute atomic E-state index is 11.3. The first-order valence-corrected chi connectivity index (χ1v) is 4.56. The van der Waals surface area contributed by atoms with Gasteiger partial charge in [0.15, 0.2) is 5.78 Å². The first-order chi connectivity index (χ1) is 7.19. The Kier molecular flexibility index (Phi) is 3.93. The summed E-state index contributed by atoms with van der Waals surface area (Å²) in [4.78, 5) is 26.3. The van der Waals surface area contributed by atoms with Crippen molar-refractivity contribution < 1.29 is 14.3 Å². The number of nitrogens with two attached hydrogens (primary N) is 1. The Bertz CT molecular complexity index is 377. The molecule has 0 atom stereocenters. The fourth-order valence-corrected chi connectivity index (χ4v) is 1.01. The van der Waals surface area contributed by atoms with Crippen molar-refractivity contribution in [2.24, 2.45) is 5.73 Å². The summed E-state index contributed by atoms with van der Waals surface area (Å²) in [5, 5.41) is 0. The van der Waals surface area contributed by atoms with Crippen molar-refractivity contribution in [2.75, 3.05) is 13.2 Å². The summed E-state index contributed by atoms with van der Waals surface area (Å²) in [6, 6.07) is 4.57. The fraction of sp³-hybridized carbons (Fsp3) is 0.300. The van der Waals surface area contributed by atoms with Gasteiger partial charge in [0.1, 0.15) is 11.4 Å². The molecule has 0 saturated carbocycles. The van der Waals surface area contributed by atoms with Crippen molar-refractivity contribution in [3.05, 3.63) is 29.6 Å². The predicted molar refractivity (Wildman–Crippen MR) is 53.6 cm³/mol. The highest BCUT2D eigenvalue weighted by Crippen LogP contribution is 2.02. The molecule has 0 radical (unpaired) electrons. The number of carbonyl (C=O) groups excluding carboxylic acids is 2. The zero-order valence-electron chi connectivity index (χ0n) is 8.40. The largest absolute Gasteiger partial charge is 0.461 e. The number of Topliss-reactive ketones (excluding diaryl/α,β-unsaturated/α-hetero) is 1. The molecule has 0 amide bonds. The van der Waals surface area contributed by atoms with Gasteiger partial charge in [-0.15, -0.1) is 0 Å². The fourth-order valence-electron chi connectivity index (χ4n) is 1.01. The lowest BCUT2D eigenvalue weighted by atomic mass is 10.2. The van der Waals surface area contributed by atoms with Gasteiger partial charge < -0.3 is 10.5 Å². The molecule has 5 heteroatoms. The summed E-state index contributed by atoms with van der Waals surface area (Å²) in [5.74, 6) is -0.842. The number of hydrogen-bond donors (Lipinski definition) is 1. The Morgan fingerprint density at radius 1 is 1.40 bits per heavy atom. The van der Waals surface area contributed by atoms with Crippen molar-refractivity contribution in [1.29, 1.82) is 0 Å². The number of ether oxygens (including phenoxy) is 1. The van der Waals surface area contributed by atoms with E-state index in [4.69, 9.17) is 10.5 Å². The summed E-state index contributed by atoms with van der Waals surface area (Å²) in [6.07, 6.45) is 0. The van der Waals surface area contributed by atoms with Crippen LogP contribution in [0.25, 0.3) is 0 Å². The van der Waals surface area contributed by atoms with Gasteiger partial charge in [0.05, 0.1) is 13.2 Å². The molecule has 0 aliphatic rings. The molecule has 1 aromatic rings. The molecule has 2 N–H and O–H groups in total. The van der Waals surface area contributed by atoms with Crippen molar-refractivity contribution in [3.63, 3.8) is 0 Å². The van der Waals surface area contributed by atoms with Gasteiger partial charge in [0.2, 0.25) is 0 Å². The molecule has 0 aliphatic carbocycles. The summed E-state index contributed by atoms with van der Waals surface area (Å²) in [5.41, 5.74) is 5.49. The Hall–Kier alpha value is -1.75. The van der Waals surface area contributed by atoms with E-state index in [1.807, 2.05) is 0 Å². The minimum absolute atomic E-state index is 0.121. The zero-order valence-corrected chi connectivity index (χ0v) is 8.40. The summed E-state index contributed by atoms with van der Waals surface area (Å²) in [7, 11) is 0. The van der Waals surface area contributed by atoms with Gasteiger partial charge in [-0.25, -0.2) is 9.78 Å². The van der Waals surface area contributed by atoms with Crippen LogP contribution in [0.1, 0.15) is 27.9 Å². The van der Waals surface area contributed by atoms with Crippen LogP contribution in [-0.2, 0) is 4.74 Å². The smallest absolute Gasteiger partial charge is 0.356 e. The van der Waals surface area contributed by atoms with Gasteiger partial charge in [-0.05, 0) is 19.1 Å². The summed E-state index contributed by atoms with van der Waals surface area (Å²) in [6.45, 7) is 1.85. The molecule has 0 aromatic carbocycles. The molecule has 0 unspecified atom stereocenters. The van der Waals surface area contributed by atoms with Gasteiger partial charge in [0, 0.05) is 0 Å². The minimum Gasteiger partial charge on any atom is -0.461 e. The maximum Gasteiger partial charge on any atom is 0.356 e. The number of hydrogen-bond acceptors (Lipinski definition) is 5. The third kappa shape index (κ3) is 2.85. The third-order valence-electron chi connectivity index (χ3n) is 1.70. The van der Waals surface area contributed by atoms with E-state index in [2.05, 4.69) is 4.98 Å². The quantitative estimate of drug-likeness (QED) is 0.572. The average Bonchev–Trinajstić information content (AvgIpc) is 2.28. The Morgan fingerprint density at radius 2 is 2.07 bits per heavy atom.